The molecule has 0 bridgehead atoms. The molecule has 1 aromatic rings. The predicted molar refractivity (Wildman–Crippen MR) is 75.6 cm³/mol. The van der Waals surface area contributed by atoms with Crippen LogP contribution in [0.25, 0.3) is 0 Å². The van der Waals surface area contributed by atoms with Crippen LogP contribution in [0.2, 0.25) is 0 Å². The van der Waals surface area contributed by atoms with E-state index in [0.717, 1.165) is 29.0 Å². The van der Waals surface area contributed by atoms with Crippen LogP contribution in [-0.2, 0) is 0 Å². The number of carbonyl (C=O) groups is 1. The predicted octanol–water partition coefficient (Wildman–Crippen LogP) is 2.12. The van der Waals surface area contributed by atoms with Crippen LogP contribution in [0.3, 0.4) is 0 Å². The zero-order valence-corrected chi connectivity index (χ0v) is 12.2. The van der Waals surface area contributed by atoms with E-state index < -0.39 is 0 Å². The average molecular weight is 267 g/mol. The Morgan fingerprint density at radius 2 is 2.17 bits per heavy atom. The van der Waals surface area contributed by atoms with E-state index in [9.17, 15) is 4.79 Å². The molecular weight excluding hydrogens is 246 g/mol. The Bertz CT molecular complexity index is 408. The average Bonchev–Trinajstić information content (AvgIpc) is 2.78. The first-order valence-corrected chi connectivity index (χ1v) is 7.24. The highest BCUT2D eigenvalue weighted by molar-refractivity contribution is 7.17. The fourth-order valence-electron chi connectivity index (χ4n) is 2.40. The SMILES string of the molecule is CC(=O)c1cnc(N2CCC(CN(C)C)CC2)s1. The van der Waals surface area contributed by atoms with Gasteiger partial charge in [0.15, 0.2) is 10.9 Å². The lowest BCUT2D eigenvalue weighted by Crippen LogP contribution is -2.37. The van der Waals surface area contributed by atoms with Gasteiger partial charge < -0.3 is 9.80 Å². The first kappa shape index (κ1) is 13.5. The summed E-state index contributed by atoms with van der Waals surface area (Å²) < 4.78 is 0. The van der Waals surface area contributed by atoms with Crippen LogP contribution in [-0.4, -0.2) is 49.4 Å². The van der Waals surface area contributed by atoms with Crippen LogP contribution in [0, 0.1) is 5.92 Å². The Morgan fingerprint density at radius 1 is 1.50 bits per heavy atom. The van der Waals surface area contributed by atoms with Gasteiger partial charge in [-0.1, -0.05) is 11.3 Å². The van der Waals surface area contributed by atoms with Crippen molar-refractivity contribution >= 4 is 22.3 Å². The van der Waals surface area contributed by atoms with Gasteiger partial charge in [0.2, 0.25) is 0 Å². The van der Waals surface area contributed by atoms with Gasteiger partial charge in [-0.15, -0.1) is 0 Å². The fraction of sp³-hybridized carbons (Fsp3) is 0.692. The van der Waals surface area contributed by atoms with Gasteiger partial charge in [0.05, 0.1) is 11.1 Å². The van der Waals surface area contributed by atoms with Gasteiger partial charge in [-0.05, 0) is 32.9 Å². The maximum atomic E-state index is 11.3. The van der Waals surface area contributed by atoms with E-state index in [1.165, 1.54) is 30.7 Å². The van der Waals surface area contributed by atoms with E-state index in [0.29, 0.717) is 0 Å². The van der Waals surface area contributed by atoms with Crippen molar-refractivity contribution in [2.45, 2.75) is 19.8 Å². The van der Waals surface area contributed by atoms with E-state index in [1.54, 1.807) is 13.1 Å². The molecule has 0 saturated carbocycles. The van der Waals surface area contributed by atoms with Gasteiger partial charge >= 0.3 is 0 Å². The fourth-order valence-corrected chi connectivity index (χ4v) is 3.26. The Balaban J connectivity index is 1.90. The Kier molecular flexibility index (Phi) is 4.35. The minimum Gasteiger partial charge on any atom is -0.348 e. The second-order valence-electron chi connectivity index (χ2n) is 5.26. The first-order valence-electron chi connectivity index (χ1n) is 6.42. The summed E-state index contributed by atoms with van der Waals surface area (Å²) in [7, 11) is 4.26. The van der Waals surface area contributed by atoms with Crippen LogP contribution in [0.15, 0.2) is 6.20 Å². The molecule has 1 fully saturated rings. The molecule has 1 aliphatic heterocycles. The van der Waals surface area contributed by atoms with Crippen LogP contribution in [0.5, 0.6) is 0 Å². The molecule has 0 radical (unpaired) electrons. The molecule has 0 atom stereocenters. The molecule has 0 spiro atoms. The number of ketones is 1. The topological polar surface area (TPSA) is 36.4 Å². The molecule has 0 aliphatic carbocycles. The van der Waals surface area contributed by atoms with Crippen molar-refractivity contribution in [3.63, 3.8) is 0 Å². The third-order valence-corrected chi connectivity index (χ3v) is 4.51. The molecule has 0 aromatic carbocycles. The summed E-state index contributed by atoms with van der Waals surface area (Å²) >= 11 is 1.52. The summed E-state index contributed by atoms with van der Waals surface area (Å²) in [5, 5.41) is 1.00. The lowest BCUT2D eigenvalue weighted by molar-refractivity contribution is 0.102. The first-order chi connectivity index (χ1) is 8.56. The normalized spacial score (nSPS) is 17.4. The van der Waals surface area contributed by atoms with Crippen molar-refractivity contribution < 1.29 is 4.79 Å². The number of carbonyl (C=O) groups excluding carboxylic acids is 1. The van der Waals surface area contributed by atoms with Crippen molar-refractivity contribution in [2.75, 3.05) is 38.6 Å². The molecule has 0 N–H and O–H groups in total. The number of hydrogen-bond acceptors (Lipinski definition) is 5. The molecular formula is C13H21N3OS. The highest BCUT2D eigenvalue weighted by Crippen LogP contribution is 2.27. The number of Topliss-reactive ketones (excluding diaryl/α,β-unsaturated/α-hetero) is 1. The molecule has 1 aromatic heterocycles. The molecule has 1 aliphatic rings. The maximum absolute atomic E-state index is 11.3. The number of aromatic nitrogens is 1. The second-order valence-corrected chi connectivity index (χ2v) is 6.27. The van der Waals surface area contributed by atoms with E-state index in [1.807, 2.05) is 0 Å². The minimum absolute atomic E-state index is 0.112. The van der Waals surface area contributed by atoms with Crippen molar-refractivity contribution in [3.05, 3.63) is 11.1 Å². The largest absolute Gasteiger partial charge is 0.348 e. The maximum Gasteiger partial charge on any atom is 0.185 e. The third kappa shape index (κ3) is 3.29. The lowest BCUT2D eigenvalue weighted by atomic mass is 9.97. The number of piperidine rings is 1. The van der Waals surface area contributed by atoms with Gasteiger partial charge in [0.25, 0.3) is 0 Å². The molecule has 2 rings (SSSR count). The van der Waals surface area contributed by atoms with Crippen LogP contribution >= 0.6 is 11.3 Å². The third-order valence-electron chi connectivity index (χ3n) is 3.35. The van der Waals surface area contributed by atoms with Crippen LogP contribution in [0.4, 0.5) is 5.13 Å². The summed E-state index contributed by atoms with van der Waals surface area (Å²) in [5.41, 5.74) is 0. The molecule has 1 saturated heterocycles. The highest BCUT2D eigenvalue weighted by Gasteiger charge is 2.21. The van der Waals surface area contributed by atoms with Crippen molar-refractivity contribution in [2.24, 2.45) is 5.92 Å². The number of thiazole rings is 1. The number of anilines is 1. The molecule has 2 heterocycles. The van der Waals surface area contributed by atoms with Gasteiger partial charge in [-0.25, -0.2) is 4.98 Å². The van der Waals surface area contributed by atoms with Crippen LogP contribution in [0.1, 0.15) is 29.4 Å². The second kappa shape index (κ2) is 5.80. The standard InChI is InChI=1S/C13H21N3OS/c1-10(17)12-8-14-13(18-12)16-6-4-11(5-7-16)9-15(2)3/h8,11H,4-7,9H2,1-3H3. The van der Waals surface area contributed by atoms with Crippen molar-refractivity contribution in [3.8, 4) is 0 Å². The van der Waals surface area contributed by atoms with Crippen molar-refractivity contribution in [1.29, 1.82) is 0 Å². The van der Waals surface area contributed by atoms with Gasteiger partial charge in [0, 0.05) is 26.6 Å². The number of hydrogen-bond donors (Lipinski definition) is 0. The molecule has 18 heavy (non-hydrogen) atoms. The molecule has 0 amide bonds. The van der Waals surface area contributed by atoms with Gasteiger partial charge in [0.1, 0.15) is 0 Å². The number of rotatable bonds is 4. The Hall–Kier alpha value is -0.940. The summed E-state index contributed by atoms with van der Waals surface area (Å²) in [6.45, 7) is 4.89. The summed E-state index contributed by atoms with van der Waals surface area (Å²) in [6.07, 6.45) is 4.13. The minimum atomic E-state index is 0.112. The van der Waals surface area contributed by atoms with E-state index >= 15 is 0 Å². The summed E-state index contributed by atoms with van der Waals surface area (Å²) in [4.78, 5) is 21.0. The summed E-state index contributed by atoms with van der Waals surface area (Å²) in [6, 6.07) is 0. The zero-order chi connectivity index (χ0) is 13.1. The zero-order valence-electron chi connectivity index (χ0n) is 11.3. The Morgan fingerprint density at radius 3 is 2.67 bits per heavy atom. The Labute approximate surface area is 113 Å². The molecule has 0 unspecified atom stereocenters. The smallest absolute Gasteiger partial charge is 0.185 e. The lowest BCUT2D eigenvalue weighted by Gasteiger charge is -2.32. The van der Waals surface area contributed by atoms with E-state index in [-0.39, 0.29) is 5.78 Å². The van der Waals surface area contributed by atoms with Crippen molar-refractivity contribution in [1.82, 2.24) is 9.88 Å². The highest BCUT2D eigenvalue weighted by atomic mass is 32.1. The van der Waals surface area contributed by atoms with Gasteiger partial charge in [-0.3, -0.25) is 4.79 Å². The molecule has 100 valence electrons. The van der Waals surface area contributed by atoms with Gasteiger partial charge in [-0.2, -0.15) is 0 Å². The van der Waals surface area contributed by atoms with E-state index in [4.69, 9.17) is 0 Å². The van der Waals surface area contributed by atoms with E-state index in [2.05, 4.69) is 28.9 Å². The molecule has 4 nitrogen and oxygen atoms in total. The monoisotopic (exact) mass is 267 g/mol. The number of nitrogens with zero attached hydrogens (tertiary/aromatic N) is 3. The summed E-state index contributed by atoms with van der Waals surface area (Å²) in [5.74, 6) is 0.907. The van der Waals surface area contributed by atoms with Crippen LogP contribution < -0.4 is 4.90 Å². The quantitative estimate of drug-likeness (QED) is 0.783. The molecule has 5 heteroatoms.